The third-order valence-corrected chi connectivity index (χ3v) is 7.08. The molecule has 4 bridgehead atoms. The van der Waals surface area contributed by atoms with Crippen LogP contribution in [0.4, 0.5) is 18.4 Å². The number of nitrogens with zero attached hydrogens (tertiary/aromatic N) is 6. The third-order valence-electron chi connectivity index (χ3n) is 6.38. The Balaban J connectivity index is 0.00000194. The second kappa shape index (κ2) is 10.0. The minimum atomic E-state index is -5.57. The van der Waals surface area contributed by atoms with E-state index in [1.54, 1.807) is 12.2 Å². The van der Waals surface area contributed by atoms with Crippen LogP contribution < -0.4 is 18.9 Å². The summed E-state index contributed by atoms with van der Waals surface area (Å²) in [5.74, 6) is -2.70. The maximum atomic E-state index is 14.8. The summed E-state index contributed by atoms with van der Waals surface area (Å²) in [6.07, 6.45) is 3.32. The van der Waals surface area contributed by atoms with Crippen LogP contribution in [0.1, 0.15) is 12.6 Å². The van der Waals surface area contributed by atoms with Gasteiger partial charge in [-0.1, -0.05) is 22.5 Å². The molecule has 2 fully saturated rings. The number of fused-ring (bicyclic) bond motifs is 4. The average Bonchev–Trinajstić information content (AvgIpc) is 3.69. The molecule has 40 heavy (non-hydrogen) atoms. The molecule has 0 aromatic carbocycles. The van der Waals surface area contributed by atoms with E-state index in [0.717, 1.165) is 4.90 Å². The van der Waals surface area contributed by atoms with E-state index in [2.05, 4.69) is 23.6 Å². The first kappa shape index (κ1) is 27.8. The number of urea groups is 2. The molecule has 20 heteroatoms. The summed E-state index contributed by atoms with van der Waals surface area (Å²) in [7, 11) is -5.57. The fourth-order valence-corrected chi connectivity index (χ4v) is 5.31. The number of halogens is 2. The number of carbonyl (C=O) groups is 3. The van der Waals surface area contributed by atoms with Crippen molar-refractivity contribution in [3.05, 3.63) is 48.2 Å². The van der Waals surface area contributed by atoms with Crippen molar-refractivity contribution in [1.82, 2.24) is 30.2 Å². The molecular formula is C20H17F2LiN6O10S. The Kier molecular flexibility index (Phi) is 6.95. The summed E-state index contributed by atoms with van der Waals surface area (Å²) in [4.78, 5) is 44.1. The van der Waals surface area contributed by atoms with Crippen LogP contribution in [0.3, 0.4) is 0 Å². The smallest absolute Gasteiger partial charge is 1.00 e. The fourth-order valence-electron chi connectivity index (χ4n) is 4.63. The van der Waals surface area contributed by atoms with Crippen LogP contribution in [-0.2, 0) is 28.5 Å². The molecule has 0 N–H and O–H groups in total. The molecule has 0 spiro atoms. The monoisotopic (exact) mass is 578 g/mol. The number of alkyl halides is 2. The Hall–Kier alpha value is -3.76. The Morgan fingerprint density at radius 3 is 1.95 bits per heavy atom. The van der Waals surface area contributed by atoms with Crippen LogP contribution in [0, 0.1) is 0 Å². The van der Waals surface area contributed by atoms with Crippen LogP contribution in [0.5, 0.6) is 0 Å². The molecule has 2 aromatic heterocycles. The molecular weight excluding hydrogens is 561 g/mol. The van der Waals surface area contributed by atoms with Gasteiger partial charge in [0.25, 0.3) is 0 Å². The van der Waals surface area contributed by atoms with Gasteiger partial charge in [0, 0.05) is 24.2 Å². The molecule has 208 valence electrons. The molecule has 16 nitrogen and oxygen atoms in total. The van der Waals surface area contributed by atoms with Crippen LogP contribution >= 0.6 is 0 Å². The summed E-state index contributed by atoms with van der Waals surface area (Å²) < 4.78 is 72.4. The van der Waals surface area contributed by atoms with E-state index in [9.17, 15) is 31.6 Å². The van der Waals surface area contributed by atoms with Gasteiger partial charge < -0.3 is 24.5 Å². The molecule has 6 heterocycles. The van der Waals surface area contributed by atoms with Gasteiger partial charge in [-0.05, 0) is 11.1 Å². The largest absolute Gasteiger partial charge is 1.00 e. The fraction of sp³-hybridized carbons (Fsp3) is 0.350. The standard InChI is InChI=1S/C20H16F2N6O10S.Li.H/c21-20(22,37-27-15-7-25(18(27)30)3-1-13(15)11-5-23-34-9-11)17(29)36-39(32,33)38-28-16-8-26(19(28)31)4-2-14(16)12-6-24-35-10-12;;/h1-2,5-6,9-10,15-16H,3-4,7-8H2;;/q;+1;-1. The van der Waals surface area contributed by atoms with E-state index in [-0.39, 0.29) is 51.5 Å². The number of hydroxylamine groups is 4. The Morgan fingerprint density at radius 1 is 0.950 bits per heavy atom. The van der Waals surface area contributed by atoms with Crippen molar-refractivity contribution in [1.29, 1.82) is 0 Å². The molecule has 2 saturated heterocycles. The van der Waals surface area contributed by atoms with Crippen LogP contribution in [0.15, 0.2) is 46.1 Å². The normalized spacial score (nSPS) is 22.4. The zero-order chi connectivity index (χ0) is 27.5. The zero-order valence-electron chi connectivity index (χ0n) is 21.4. The quantitative estimate of drug-likeness (QED) is 0.307. The van der Waals surface area contributed by atoms with Gasteiger partial charge in [-0.15, -0.1) is 4.28 Å². The van der Waals surface area contributed by atoms with E-state index < -0.39 is 46.6 Å². The molecule has 2 atom stereocenters. The van der Waals surface area contributed by atoms with Gasteiger partial charge in [0.05, 0.1) is 25.5 Å². The van der Waals surface area contributed by atoms with Gasteiger partial charge in [0.2, 0.25) is 0 Å². The number of amides is 4. The summed E-state index contributed by atoms with van der Waals surface area (Å²) in [5.41, 5.74) is 1.59. The van der Waals surface area contributed by atoms with Crippen molar-refractivity contribution in [2.45, 2.75) is 18.2 Å². The van der Waals surface area contributed by atoms with Gasteiger partial charge in [-0.2, -0.15) is 32.2 Å². The van der Waals surface area contributed by atoms with Crippen molar-refractivity contribution in [2.24, 2.45) is 0 Å². The van der Waals surface area contributed by atoms with Gasteiger partial charge >= 0.3 is 53.4 Å². The average molecular weight is 578 g/mol. The molecule has 2 unspecified atom stereocenters. The maximum absolute atomic E-state index is 14.8. The summed E-state index contributed by atoms with van der Waals surface area (Å²) in [6, 6.07) is -4.00. The Morgan fingerprint density at radius 2 is 1.45 bits per heavy atom. The zero-order valence-corrected chi connectivity index (χ0v) is 21.2. The minimum Gasteiger partial charge on any atom is -1.00 e. The maximum Gasteiger partial charge on any atom is 1.00 e. The second-order valence-electron chi connectivity index (χ2n) is 8.67. The molecule has 0 saturated carbocycles. The van der Waals surface area contributed by atoms with Crippen LogP contribution in [-0.4, -0.2) is 101 Å². The van der Waals surface area contributed by atoms with E-state index in [4.69, 9.17) is 9.05 Å². The summed E-state index contributed by atoms with van der Waals surface area (Å²) >= 11 is 0. The van der Waals surface area contributed by atoms with Crippen molar-refractivity contribution in [3.63, 3.8) is 0 Å². The second-order valence-corrected chi connectivity index (χ2v) is 9.80. The van der Waals surface area contributed by atoms with E-state index in [0.29, 0.717) is 27.3 Å². The van der Waals surface area contributed by atoms with E-state index in [1.165, 1.54) is 29.8 Å². The summed E-state index contributed by atoms with van der Waals surface area (Å²) in [6.45, 7) is 0.0884. The first-order chi connectivity index (χ1) is 18.5. The first-order valence-electron chi connectivity index (χ1n) is 11.2. The molecule has 4 aliphatic heterocycles. The van der Waals surface area contributed by atoms with Gasteiger partial charge in [0.15, 0.2) is 0 Å². The van der Waals surface area contributed by atoms with E-state index >= 15 is 0 Å². The predicted octanol–water partition coefficient (Wildman–Crippen LogP) is -2.27. The summed E-state index contributed by atoms with van der Waals surface area (Å²) in [5, 5.41) is 7.71. The Labute approximate surface area is 236 Å². The molecule has 4 aliphatic rings. The topological polar surface area (TPSA) is 178 Å². The van der Waals surface area contributed by atoms with Crippen molar-refractivity contribution in [3.8, 4) is 0 Å². The molecule has 2 aromatic rings. The number of hydrogen-bond donors (Lipinski definition) is 0. The Bertz CT molecular complexity index is 1510. The molecule has 0 radical (unpaired) electrons. The van der Waals surface area contributed by atoms with Crippen molar-refractivity contribution in [2.75, 3.05) is 26.2 Å². The number of carbonyl (C=O) groups excluding carboxylic acids is 3. The number of rotatable bonds is 8. The molecule has 0 aliphatic carbocycles. The predicted molar refractivity (Wildman–Crippen MR) is 117 cm³/mol. The van der Waals surface area contributed by atoms with Gasteiger partial charge in [0.1, 0.15) is 24.6 Å². The number of hydrogen-bond acceptors (Lipinski definition) is 12. The van der Waals surface area contributed by atoms with Crippen LogP contribution in [0.2, 0.25) is 0 Å². The van der Waals surface area contributed by atoms with Gasteiger partial charge in [-0.25, -0.2) is 14.4 Å². The molecule has 4 amide bonds. The minimum absolute atomic E-state index is 0. The van der Waals surface area contributed by atoms with Crippen LogP contribution in [0.25, 0.3) is 11.1 Å². The SMILES string of the molecule is O=C1N2CC=C(c3cnoc3)C(C2)N1OC(F)(F)C(=O)OS(=O)(=O)ON1C(=O)N2CC=C(c3cnoc3)C1C2.[H-].[Li+]. The first-order valence-corrected chi connectivity index (χ1v) is 12.5. The molecule has 6 rings (SSSR count). The third kappa shape index (κ3) is 4.75. The van der Waals surface area contributed by atoms with Crippen molar-refractivity contribution < 1.29 is 74.2 Å². The van der Waals surface area contributed by atoms with Gasteiger partial charge in [-0.3, -0.25) is 0 Å². The van der Waals surface area contributed by atoms with E-state index in [1.807, 2.05) is 0 Å². The van der Waals surface area contributed by atoms with Crippen molar-refractivity contribution >= 4 is 39.6 Å². The number of aromatic nitrogens is 2.